The van der Waals surface area contributed by atoms with E-state index in [2.05, 4.69) is 32.2 Å². The van der Waals surface area contributed by atoms with Crippen LogP contribution in [-0.4, -0.2) is 12.1 Å². The van der Waals surface area contributed by atoms with E-state index in [0.29, 0.717) is 5.92 Å². The normalized spacial score (nSPS) is 13.4. The molecule has 20 heavy (non-hydrogen) atoms. The molecule has 0 radical (unpaired) electrons. The summed E-state index contributed by atoms with van der Waals surface area (Å²) in [7, 11) is 0. The van der Waals surface area contributed by atoms with Crippen molar-refractivity contribution in [1.82, 2.24) is 5.32 Å². The van der Waals surface area contributed by atoms with Crippen molar-refractivity contribution in [2.24, 2.45) is 0 Å². The lowest BCUT2D eigenvalue weighted by Crippen LogP contribution is -2.39. The van der Waals surface area contributed by atoms with E-state index < -0.39 is 0 Å². The number of benzene rings is 1. The van der Waals surface area contributed by atoms with E-state index in [1.165, 1.54) is 5.56 Å². The van der Waals surface area contributed by atoms with Crippen LogP contribution >= 0.6 is 11.6 Å². The Morgan fingerprint density at radius 3 is 2.50 bits per heavy atom. The minimum atomic E-state index is 0.0860. The molecule has 1 aromatic carbocycles. The summed E-state index contributed by atoms with van der Waals surface area (Å²) in [5, 5.41) is 4.38. The smallest absolute Gasteiger partial charge is 0.104 e. The third kappa shape index (κ3) is 4.39. The maximum atomic E-state index is 6.35. The van der Waals surface area contributed by atoms with Crippen LogP contribution in [0, 0.1) is 0 Å². The van der Waals surface area contributed by atoms with Gasteiger partial charge in [0.2, 0.25) is 0 Å². The average molecular weight is 292 g/mol. The summed E-state index contributed by atoms with van der Waals surface area (Å²) in [6.07, 6.45) is 2.57. The molecule has 1 atom stereocenters. The summed E-state index contributed by atoms with van der Waals surface area (Å²) in [4.78, 5) is 0. The highest BCUT2D eigenvalue weighted by atomic mass is 35.5. The van der Waals surface area contributed by atoms with Crippen LogP contribution in [0.5, 0.6) is 0 Å². The minimum absolute atomic E-state index is 0.0860. The molecule has 1 heterocycles. The molecule has 0 saturated heterocycles. The Bertz CT molecular complexity index is 528. The van der Waals surface area contributed by atoms with Crippen LogP contribution in [0.4, 0.5) is 0 Å². The zero-order valence-electron chi connectivity index (χ0n) is 12.3. The molecule has 1 unspecified atom stereocenters. The van der Waals surface area contributed by atoms with E-state index in [0.717, 1.165) is 23.7 Å². The maximum Gasteiger partial charge on any atom is 0.104 e. The fourth-order valence-corrected chi connectivity index (χ4v) is 2.49. The molecule has 0 saturated carbocycles. The Balaban J connectivity index is 2.17. The summed E-state index contributed by atoms with van der Waals surface area (Å²) in [5.74, 6) is 1.29. The van der Waals surface area contributed by atoms with E-state index >= 15 is 0 Å². The maximum absolute atomic E-state index is 6.35. The topological polar surface area (TPSA) is 25.2 Å². The van der Waals surface area contributed by atoms with Crippen molar-refractivity contribution in [3.8, 4) is 0 Å². The van der Waals surface area contributed by atoms with Crippen molar-refractivity contribution in [1.29, 1.82) is 0 Å². The summed E-state index contributed by atoms with van der Waals surface area (Å²) in [6, 6.07) is 12.0. The van der Waals surface area contributed by atoms with Gasteiger partial charge in [-0.2, -0.15) is 0 Å². The van der Waals surface area contributed by atoms with Crippen LogP contribution < -0.4 is 5.32 Å². The lowest BCUT2D eigenvalue weighted by Gasteiger charge is -2.25. The number of nitrogens with one attached hydrogen (secondary N) is 1. The molecule has 1 N–H and O–H groups in total. The first-order chi connectivity index (χ1) is 9.46. The van der Waals surface area contributed by atoms with Gasteiger partial charge in [-0.3, -0.25) is 0 Å². The predicted molar refractivity (Wildman–Crippen MR) is 84.4 cm³/mol. The van der Waals surface area contributed by atoms with Crippen LogP contribution in [0.25, 0.3) is 0 Å². The second-order valence-corrected chi connectivity index (χ2v) is 6.54. The van der Waals surface area contributed by atoms with Gasteiger partial charge in [0.05, 0.1) is 6.26 Å². The van der Waals surface area contributed by atoms with Crippen molar-refractivity contribution < 1.29 is 4.42 Å². The predicted octanol–water partition coefficient (Wildman–Crippen LogP) is 4.65. The van der Waals surface area contributed by atoms with Gasteiger partial charge in [-0.05, 0) is 44.5 Å². The van der Waals surface area contributed by atoms with Gasteiger partial charge in [0.25, 0.3) is 0 Å². The quantitative estimate of drug-likeness (QED) is 0.867. The molecule has 108 valence electrons. The summed E-state index contributed by atoms with van der Waals surface area (Å²) in [5.41, 5.74) is 1.25. The summed E-state index contributed by atoms with van der Waals surface area (Å²) < 4.78 is 5.49. The Labute approximate surface area is 126 Å². The van der Waals surface area contributed by atoms with Crippen LogP contribution in [0.1, 0.15) is 38.0 Å². The molecule has 0 spiro atoms. The first kappa shape index (κ1) is 15.1. The van der Waals surface area contributed by atoms with Crippen LogP contribution in [0.2, 0.25) is 5.02 Å². The largest absolute Gasteiger partial charge is 0.469 e. The number of furan rings is 1. The van der Waals surface area contributed by atoms with Gasteiger partial charge < -0.3 is 9.73 Å². The molecule has 1 aromatic heterocycles. The number of hydrogen-bond donors (Lipinski definition) is 1. The standard InChI is InChI=1S/C17H22ClNO/c1-17(2,3)19-12-13(11-14-7-6-10-20-14)15-8-4-5-9-16(15)18/h4-10,13,19H,11-12H2,1-3H3. The monoisotopic (exact) mass is 291 g/mol. The van der Waals surface area contributed by atoms with Gasteiger partial charge in [-0.25, -0.2) is 0 Å². The Hall–Kier alpha value is -1.25. The molecule has 0 bridgehead atoms. The lowest BCUT2D eigenvalue weighted by molar-refractivity contribution is 0.393. The van der Waals surface area contributed by atoms with E-state index in [9.17, 15) is 0 Å². The van der Waals surface area contributed by atoms with E-state index in [-0.39, 0.29) is 5.54 Å². The molecule has 3 heteroatoms. The van der Waals surface area contributed by atoms with E-state index in [1.807, 2.05) is 30.3 Å². The third-order valence-electron chi connectivity index (χ3n) is 3.25. The Morgan fingerprint density at radius 2 is 1.90 bits per heavy atom. The van der Waals surface area contributed by atoms with Gasteiger partial charge in [0.15, 0.2) is 0 Å². The van der Waals surface area contributed by atoms with Crippen LogP contribution in [-0.2, 0) is 6.42 Å². The fourth-order valence-electron chi connectivity index (χ4n) is 2.20. The number of rotatable bonds is 5. The molecule has 2 aromatic rings. The average Bonchev–Trinajstić information content (AvgIpc) is 2.87. The van der Waals surface area contributed by atoms with Gasteiger partial charge >= 0.3 is 0 Å². The van der Waals surface area contributed by atoms with Crippen molar-refractivity contribution in [2.45, 2.75) is 38.6 Å². The molecule has 0 aliphatic rings. The van der Waals surface area contributed by atoms with Crippen molar-refractivity contribution in [3.05, 3.63) is 59.0 Å². The van der Waals surface area contributed by atoms with Crippen LogP contribution in [0.3, 0.4) is 0 Å². The highest BCUT2D eigenvalue weighted by Gasteiger charge is 2.19. The molecule has 0 aliphatic carbocycles. The van der Waals surface area contributed by atoms with Crippen molar-refractivity contribution in [3.63, 3.8) is 0 Å². The molecule has 2 nitrogen and oxygen atoms in total. The van der Waals surface area contributed by atoms with Gasteiger partial charge in [-0.1, -0.05) is 29.8 Å². The van der Waals surface area contributed by atoms with Gasteiger partial charge in [0, 0.05) is 29.4 Å². The Kier molecular flexibility index (Phi) is 4.90. The second kappa shape index (κ2) is 6.47. The highest BCUT2D eigenvalue weighted by Crippen LogP contribution is 2.27. The van der Waals surface area contributed by atoms with E-state index in [1.54, 1.807) is 6.26 Å². The summed E-state index contributed by atoms with van der Waals surface area (Å²) in [6.45, 7) is 7.38. The van der Waals surface area contributed by atoms with Crippen molar-refractivity contribution >= 4 is 11.6 Å². The molecular weight excluding hydrogens is 270 g/mol. The lowest BCUT2D eigenvalue weighted by atomic mass is 9.93. The van der Waals surface area contributed by atoms with Gasteiger partial charge in [0.1, 0.15) is 5.76 Å². The first-order valence-corrected chi connectivity index (χ1v) is 7.35. The number of halogens is 1. The molecule has 0 aliphatic heterocycles. The third-order valence-corrected chi connectivity index (χ3v) is 3.60. The minimum Gasteiger partial charge on any atom is -0.469 e. The van der Waals surface area contributed by atoms with Gasteiger partial charge in [-0.15, -0.1) is 0 Å². The zero-order valence-corrected chi connectivity index (χ0v) is 13.1. The first-order valence-electron chi connectivity index (χ1n) is 6.97. The molecule has 0 amide bonds. The van der Waals surface area contributed by atoms with Crippen molar-refractivity contribution in [2.75, 3.05) is 6.54 Å². The molecular formula is C17H22ClNO. The molecule has 2 rings (SSSR count). The summed E-state index contributed by atoms with van der Waals surface area (Å²) >= 11 is 6.35. The SMILES string of the molecule is CC(C)(C)NCC(Cc1ccco1)c1ccccc1Cl. The second-order valence-electron chi connectivity index (χ2n) is 6.13. The highest BCUT2D eigenvalue weighted by molar-refractivity contribution is 6.31. The van der Waals surface area contributed by atoms with E-state index in [4.69, 9.17) is 16.0 Å². The zero-order chi connectivity index (χ0) is 14.6. The number of hydrogen-bond acceptors (Lipinski definition) is 2. The van der Waals surface area contributed by atoms with Crippen LogP contribution in [0.15, 0.2) is 47.1 Å². The Morgan fingerprint density at radius 1 is 1.15 bits per heavy atom. The fraction of sp³-hybridized carbons (Fsp3) is 0.412. The molecule has 0 fully saturated rings.